The summed E-state index contributed by atoms with van der Waals surface area (Å²) in [5.74, 6) is -0.509. The second-order valence-electron chi connectivity index (χ2n) is 8.67. The zero-order chi connectivity index (χ0) is 22.9. The zero-order valence-electron chi connectivity index (χ0n) is 18.6. The molecular weight excluding hydrogens is 416 g/mol. The number of hydrogen-bond acceptors (Lipinski definition) is 4. The molecule has 0 aromatic heterocycles. The Balaban J connectivity index is 1.47. The average molecular weight is 446 g/mol. The molecule has 3 atom stereocenters. The van der Waals surface area contributed by atoms with Crippen molar-refractivity contribution in [3.63, 3.8) is 0 Å². The smallest absolute Gasteiger partial charge is 0.319 e. The number of carbonyl (C=O) groups excluding carboxylic acids is 1. The molecule has 0 bridgehead atoms. The number of methoxy groups -OCH3 is 2. The van der Waals surface area contributed by atoms with Crippen LogP contribution in [-0.2, 0) is 5.41 Å². The normalized spacial score (nSPS) is 25.2. The van der Waals surface area contributed by atoms with Crippen LogP contribution in [0.25, 0.3) is 0 Å². The van der Waals surface area contributed by atoms with Crippen LogP contribution in [0.15, 0.2) is 36.4 Å². The lowest BCUT2D eigenvalue weighted by atomic mass is 9.65. The lowest BCUT2D eigenvalue weighted by Gasteiger charge is -2.45. The number of ether oxygens (including phenoxy) is 2. The van der Waals surface area contributed by atoms with Crippen molar-refractivity contribution in [2.75, 3.05) is 33.1 Å². The third kappa shape index (κ3) is 4.11. The Labute approximate surface area is 186 Å². The van der Waals surface area contributed by atoms with Gasteiger partial charge in [0.2, 0.25) is 0 Å². The van der Waals surface area contributed by atoms with Crippen molar-refractivity contribution in [3.8, 4) is 11.5 Å². The van der Waals surface area contributed by atoms with Crippen molar-refractivity contribution in [2.24, 2.45) is 0 Å². The second kappa shape index (κ2) is 8.94. The summed E-state index contributed by atoms with van der Waals surface area (Å²) in [5, 5.41) is 5.60. The summed E-state index contributed by atoms with van der Waals surface area (Å²) in [6, 6.07) is 9.30. The highest BCUT2D eigenvalue weighted by molar-refractivity contribution is 5.89. The molecule has 32 heavy (non-hydrogen) atoms. The van der Waals surface area contributed by atoms with E-state index in [1.165, 1.54) is 11.6 Å². The number of likely N-dealkylation sites (N-methyl/N-ethyl adjacent to an activating group) is 1. The summed E-state index contributed by atoms with van der Waals surface area (Å²) >= 11 is 0. The SMILES string of the molecule is COc1ccc([C@@]23CC[C@@H](NC(=O)Nc4ccc(F)c(F)c4)C[C@@H]2N(C)CC3)cc1OC. The molecule has 1 saturated carbocycles. The van der Waals surface area contributed by atoms with Gasteiger partial charge in [0.1, 0.15) is 0 Å². The molecule has 2 aliphatic rings. The number of amides is 2. The number of nitrogens with one attached hydrogen (secondary N) is 2. The van der Waals surface area contributed by atoms with Crippen LogP contribution >= 0.6 is 0 Å². The predicted molar refractivity (Wildman–Crippen MR) is 118 cm³/mol. The van der Waals surface area contributed by atoms with Gasteiger partial charge in [-0.1, -0.05) is 6.07 Å². The first kappa shape index (κ1) is 22.3. The van der Waals surface area contributed by atoms with Crippen molar-refractivity contribution in [1.29, 1.82) is 0 Å². The largest absolute Gasteiger partial charge is 0.493 e. The third-order valence-corrected chi connectivity index (χ3v) is 7.00. The Hall–Kier alpha value is -2.87. The second-order valence-corrected chi connectivity index (χ2v) is 8.67. The van der Waals surface area contributed by atoms with Crippen LogP contribution < -0.4 is 20.1 Å². The molecule has 1 aliphatic carbocycles. The summed E-state index contributed by atoms with van der Waals surface area (Å²) in [7, 11) is 5.39. The summed E-state index contributed by atoms with van der Waals surface area (Å²) in [6.07, 6.45) is 3.59. The van der Waals surface area contributed by atoms with E-state index in [1.54, 1.807) is 14.2 Å². The van der Waals surface area contributed by atoms with Crippen LogP contribution in [0.5, 0.6) is 11.5 Å². The van der Waals surface area contributed by atoms with E-state index in [9.17, 15) is 13.6 Å². The van der Waals surface area contributed by atoms with Crippen molar-refractivity contribution in [1.82, 2.24) is 10.2 Å². The van der Waals surface area contributed by atoms with Gasteiger partial charge >= 0.3 is 6.03 Å². The van der Waals surface area contributed by atoms with Crippen LogP contribution in [0.1, 0.15) is 31.2 Å². The molecule has 0 spiro atoms. The molecule has 1 heterocycles. The number of anilines is 1. The van der Waals surface area contributed by atoms with Crippen LogP contribution in [0.2, 0.25) is 0 Å². The Morgan fingerprint density at radius 2 is 1.84 bits per heavy atom. The molecule has 2 N–H and O–H groups in total. The quantitative estimate of drug-likeness (QED) is 0.721. The van der Waals surface area contributed by atoms with Crippen molar-refractivity contribution in [3.05, 3.63) is 53.6 Å². The highest BCUT2D eigenvalue weighted by atomic mass is 19.2. The van der Waals surface area contributed by atoms with E-state index in [-0.39, 0.29) is 23.2 Å². The molecule has 8 heteroatoms. The maximum Gasteiger partial charge on any atom is 0.319 e. The fourth-order valence-corrected chi connectivity index (χ4v) is 5.32. The number of urea groups is 1. The van der Waals surface area contributed by atoms with Crippen molar-refractivity contribution >= 4 is 11.7 Å². The minimum Gasteiger partial charge on any atom is -0.493 e. The summed E-state index contributed by atoms with van der Waals surface area (Å²) in [6.45, 7) is 0.979. The van der Waals surface area contributed by atoms with E-state index in [0.29, 0.717) is 5.75 Å². The topological polar surface area (TPSA) is 62.8 Å². The van der Waals surface area contributed by atoms with Crippen LogP contribution in [0.3, 0.4) is 0 Å². The molecule has 172 valence electrons. The maximum atomic E-state index is 13.4. The monoisotopic (exact) mass is 445 g/mol. The number of fused-ring (bicyclic) bond motifs is 1. The fourth-order valence-electron chi connectivity index (χ4n) is 5.32. The Morgan fingerprint density at radius 3 is 2.56 bits per heavy atom. The number of nitrogens with zero attached hydrogens (tertiary/aromatic N) is 1. The van der Waals surface area contributed by atoms with E-state index < -0.39 is 17.7 Å². The van der Waals surface area contributed by atoms with Gasteiger partial charge in [-0.05, 0) is 69.1 Å². The van der Waals surface area contributed by atoms with E-state index in [2.05, 4.69) is 34.7 Å². The minimum absolute atomic E-state index is 0.0109. The van der Waals surface area contributed by atoms with Gasteiger partial charge < -0.3 is 25.0 Å². The first-order valence-electron chi connectivity index (χ1n) is 10.8. The van der Waals surface area contributed by atoms with E-state index in [0.717, 1.165) is 50.1 Å². The molecule has 2 fully saturated rings. The number of likely N-dealkylation sites (tertiary alicyclic amines) is 1. The highest BCUT2D eigenvalue weighted by Crippen LogP contribution is 2.49. The van der Waals surface area contributed by atoms with Gasteiger partial charge in [-0.2, -0.15) is 0 Å². The third-order valence-electron chi connectivity index (χ3n) is 7.00. The predicted octanol–water partition coefficient (Wildman–Crippen LogP) is 4.30. The van der Waals surface area contributed by atoms with Gasteiger partial charge in [0.15, 0.2) is 23.1 Å². The average Bonchev–Trinajstić information content (AvgIpc) is 3.13. The fraction of sp³-hybridized carbons (Fsp3) is 0.458. The van der Waals surface area contributed by atoms with Gasteiger partial charge in [-0.3, -0.25) is 0 Å². The number of benzene rings is 2. The minimum atomic E-state index is -0.993. The number of carbonyl (C=O) groups is 1. The van der Waals surface area contributed by atoms with Gasteiger partial charge in [0, 0.05) is 29.3 Å². The van der Waals surface area contributed by atoms with Crippen molar-refractivity contribution in [2.45, 2.75) is 43.2 Å². The number of halogens is 2. The van der Waals surface area contributed by atoms with Gasteiger partial charge in [0.25, 0.3) is 0 Å². The van der Waals surface area contributed by atoms with E-state index in [1.807, 2.05) is 6.07 Å². The molecule has 0 radical (unpaired) electrons. The van der Waals surface area contributed by atoms with E-state index >= 15 is 0 Å². The first-order chi connectivity index (χ1) is 15.4. The van der Waals surface area contributed by atoms with Gasteiger partial charge in [-0.15, -0.1) is 0 Å². The molecule has 1 aliphatic heterocycles. The van der Waals surface area contributed by atoms with Crippen molar-refractivity contribution < 1.29 is 23.0 Å². The molecular formula is C24H29F2N3O3. The summed E-state index contributed by atoms with van der Waals surface area (Å²) < 4.78 is 37.5. The highest BCUT2D eigenvalue weighted by Gasteiger charge is 2.50. The molecule has 6 nitrogen and oxygen atoms in total. The summed E-state index contributed by atoms with van der Waals surface area (Å²) in [4.78, 5) is 14.8. The van der Waals surface area contributed by atoms with Crippen LogP contribution in [0.4, 0.5) is 19.3 Å². The molecule has 2 amide bonds. The standard InChI is InChI=1S/C24H29F2N3O3/c1-29-11-10-24(15-4-7-20(31-2)21(12-15)32-3)9-8-17(14-22(24)29)28-23(30)27-16-5-6-18(25)19(26)13-16/h4-7,12-13,17,22H,8-11,14H2,1-3H3,(H2,27,28,30)/t17-,22+,24+/m1/s1. The molecule has 0 unspecified atom stereocenters. The lowest BCUT2D eigenvalue weighted by molar-refractivity contribution is 0.156. The first-order valence-corrected chi connectivity index (χ1v) is 10.8. The van der Waals surface area contributed by atoms with E-state index in [4.69, 9.17) is 9.47 Å². The molecule has 4 rings (SSSR count). The lowest BCUT2D eigenvalue weighted by Crippen LogP contribution is -2.52. The summed E-state index contributed by atoms with van der Waals surface area (Å²) in [5.41, 5.74) is 1.44. The maximum absolute atomic E-state index is 13.4. The molecule has 2 aromatic rings. The Morgan fingerprint density at radius 1 is 1.06 bits per heavy atom. The van der Waals surface area contributed by atoms with Crippen LogP contribution in [-0.4, -0.2) is 50.8 Å². The van der Waals surface area contributed by atoms with Gasteiger partial charge in [-0.25, -0.2) is 13.6 Å². The Kier molecular flexibility index (Phi) is 6.24. The number of rotatable bonds is 5. The zero-order valence-corrected chi connectivity index (χ0v) is 18.6. The van der Waals surface area contributed by atoms with Gasteiger partial charge in [0.05, 0.1) is 14.2 Å². The Bertz CT molecular complexity index is 1000. The van der Waals surface area contributed by atoms with Crippen LogP contribution in [0, 0.1) is 11.6 Å². The number of hydrogen-bond donors (Lipinski definition) is 2. The molecule has 2 aromatic carbocycles. The molecule has 1 saturated heterocycles.